The van der Waals surface area contributed by atoms with Crippen molar-refractivity contribution in [2.24, 2.45) is 0 Å². The van der Waals surface area contributed by atoms with Gasteiger partial charge < -0.3 is 19.2 Å². The van der Waals surface area contributed by atoms with E-state index in [-0.39, 0.29) is 11.3 Å². The summed E-state index contributed by atoms with van der Waals surface area (Å²) in [7, 11) is 3.00. The van der Waals surface area contributed by atoms with Crippen molar-refractivity contribution in [3.05, 3.63) is 88.6 Å². The van der Waals surface area contributed by atoms with Gasteiger partial charge in [0.25, 0.3) is 5.91 Å². The zero-order valence-electron chi connectivity index (χ0n) is 16.5. The van der Waals surface area contributed by atoms with Crippen LogP contribution in [0.1, 0.15) is 10.4 Å². The molecule has 0 saturated carbocycles. The van der Waals surface area contributed by atoms with E-state index < -0.39 is 0 Å². The van der Waals surface area contributed by atoms with Crippen LogP contribution in [0.25, 0.3) is 22.3 Å². The molecule has 0 atom stereocenters. The summed E-state index contributed by atoms with van der Waals surface area (Å²) in [5.74, 6) is 0.905. The molecule has 0 aliphatic carbocycles. The van der Waals surface area contributed by atoms with Crippen LogP contribution in [-0.2, 0) is 0 Å². The number of fused-ring (bicyclic) bond motifs is 1. The molecule has 0 fully saturated rings. The van der Waals surface area contributed by atoms with Crippen molar-refractivity contribution in [2.75, 3.05) is 19.5 Å². The molecule has 4 aromatic rings. The normalized spacial score (nSPS) is 10.6. The Balaban J connectivity index is 1.67. The van der Waals surface area contributed by atoms with Gasteiger partial charge >= 0.3 is 0 Å². The lowest BCUT2D eigenvalue weighted by Gasteiger charge is -2.13. The topological polar surface area (TPSA) is 77.8 Å². The molecule has 0 aliphatic heterocycles. The van der Waals surface area contributed by atoms with Crippen LogP contribution in [0.4, 0.5) is 5.69 Å². The van der Waals surface area contributed by atoms with Gasteiger partial charge in [0.05, 0.1) is 25.2 Å². The fourth-order valence-electron chi connectivity index (χ4n) is 3.26. The number of amides is 1. The van der Waals surface area contributed by atoms with E-state index >= 15 is 0 Å². The van der Waals surface area contributed by atoms with Crippen LogP contribution in [0.2, 0.25) is 0 Å². The molecular weight excluding hydrogens is 382 g/mol. The predicted octanol–water partition coefficient (Wildman–Crippen LogP) is 4.73. The third kappa shape index (κ3) is 3.63. The first-order valence-electron chi connectivity index (χ1n) is 9.26. The minimum atomic E-state index is -0.345. The monoisotopic (exact) mass is 401 g/mol. The average molecular weight is 401 g/mol. The summed E-state index contributed by atoms with van der Waals surface area (Å²) in [6.07, 6.45) is 0. The standard InChI is InChI=1S/C24H19NO5/c1-28-21-12-6-10-18(23(21)29-2)24(27)25-16-8-5-7-15(13-16)22-14-19(26)17-9-3-4-11-20(17)30-22/h3-14H,1-2H3,(H,25,27). The molecule has 30 heavy (non-hydrogen) atoms. The molecule has 3 aromatic carbocycles. The zero-order chi connectivity index (χ0) is 21.1. The highest BCUT2D eigenvalue weighted by atomic mass is 16.5. The van der Waals surface area contributed by atoms with Crippen molar-refractivity contribution < 1.29 is 18.7 Å². The molecule has 0 radical (unpaired) electrons. The van der Waals surface area contributed by atoms with Crippen molar-refractivity contribution in [2.45, 2.75) is 0 Å². The first kappa shape index (κ1) is 19.3. The minimum absolute atomic E-state index is 0.123. The number of rotatable bonds is 5. The number of para-hydroxylation sites is 2. The molecule has 0 aliphatic rings. The van der Waals surface area contributed by atoms with E-state index in [1.54, 1.807) is 54.6 Å². The van der Waals surface area contributed by atoms with Gasteiger partial charge in [0.2, 0.25) is 0 Å². The SMILES string of the molecule is COc1cccc(C(=O)Nc2cccc(-c3cc(=O)c4ccccc4o3)c2)c1OC. The Morgan fingerprint density at radius 2 is 1.70 bits per heavy atom. The summed E-state index contributed by atoms with van der Waals surface area (Å²) in [5, 5.41) is 3.38. The number of hydrogen-bond donors (Lipinski definition) is 1. The predicted molar refractivity (Wildman–Crippen MR) is 115 cm³/mol. The minimum Gasteiger partial charge on any atom is -0.493 e. The second-order valence-corrected chi connectivity index (χ2v) is 6.55. The molecule has 150 valence electrons. The number of ether oxygens (including phenoxy) is 2. The van der Waals surface area contributed by atoms with Crippen LogP contribution in [0.3, 0.4) is 0 Å². The van der Waals surface area contributed by atoms with Gasteiger partial charge in [0.15, 0.2) is 16.9 Å². The van der Waals surface area contributed by atoms with Gasteiger partial charge in [-0.1, -0.05) is 30.3 Å². The maximum atomic E-state index is 12.8. The van der Waals surface area contributed by atoms with Crippen molar-refractivity contribution >= 4 is 22.6 Å². The number of benzene rings is 3. The lowest BCUT2D eigenvalue weighted by Crippen LogP contribution is -2.13. The van der Waals surface area contributed by atoms with Crippen LogP contribution < -0.4 is 20.2 Å². The van der Waals surface area contributed by atoms with Crippen molar-refractivity contribution in [3.63, 3.8) is 0 Å². The number of carbonyl (C=O) groups is 1. The van der Waals surface area contributed by atoms with E-state index in [2.05, 4.69) is 5.32 Å². The van der Waals surface area contributed by atoms with E-state index in [1.807, 2.05) is 12.1 Å². The highest BCUT2D eigenvalue weighted by molar-refractivity contribution is 6.07. The zero-order valence-corrected chi connectivity index (χ0v) is 16.5. The highest BCUT2D eigenvalue weighted by Crippen LogP contribution is 2.31. The summed E-state index contributed by atoms with van der Waals surface area (Å²) >= 11 is 0. The van der Waals surface area contributed by atoms with Gasteiger partial charge in [-0.15, -0.1) is 0 Å². The van der Waals surface area contributed by atoms with Gasteiger partial charge in [-0.05, 0) is 36.4 Å². The smallest absolute Gasteiger partial charge is 0.259 e. The second-order valence-electron chi connectivity index (χ2n) is 6.55. The van der Waals surface area contributed by atoms with Crippen molar-refractivity contribution in [1.82, 2.24) is 0 Å². The molecule has 0 bridgehead atoms. The molecule has 0 unspecified atom stereocenters. The maximum absolute atomic E-state index is 12.8. The highest BCUT2D eigenvalue weighted by Gasteiger charge is 2.17. The molecule has 1 aromatic heterocycles. The Morgan fingerprint density at radius 1 is 0.900 bits per heavy atom. The van der Waals surface area contributed by atoms with Crippen LogP contribution in [0, 0.1) is 0 Å². The Kier molecular flexibility index (Phi) is 5.22. The van der Waals surface area contributed by atoms with E-state index in [1.165, 1.54) is 20.3 Å². The maximum Gasteiger partial charge on any atom is 0.259 e. The molecule has 1 amide bonds. The van der Waals surface area contributed by atoms with Gasteiger partial charge in [0, 0.05) is 17.3 Å². The van der Waals surface area contributed by atoms with Crippen molar-refractivity contribution in [3.8, 4) is 22.8 Å². The average Bonchev–Trinajstić information content (AvgIpc) is 2.78. The van der Waals surface area contributed by atoms with Gasteiger partial charge in [-0.2, -0.15) is 0 Å². The Labute approximate surface area is 172 Å². The van der Waals surface area contributed by atoms with Gasteiger partial charge in [-0.3, -0.25) is 9.59 Å². The number of carbonyl (C=O) groups excluding carboxylic acids is 1. The third-order valence-electron chi connectivity index (χ3n) is 4.69. The van der Waals surface area contributed by atoms with E-state index in [9.17, 15) is 9.59 Å². The molecule has 6 heteroatoms. The van der Waals surface area contributed by atoms with Crippen LogP contribution >= 0.6 is 0 Å². The van der Waals surface area contributed by atoms with E-state index in [0.29, 0.717) is 45.0 Å². The largest absolute Gasteiger partial charge is 0.493 e. The molecule has 0 saturated heterocycles. The van der Waals surface area contributed by atoms with Crippen LogP contribution in [-0.4, -0.2) is 20.1 Å². The molecule has 1 N–H and O–H groups in total. The fourth-order valence-corrected chi connectivity index (χ4v) is 3.26. The molecule has 0 spiro atoms. The lowest BCUT2D eigenvalue weighted by atomic mass is 10.1. The summed E-state index contributed by atoms with van der Waals surface area (Å²) in [6.45, 7) is 0. The Hall–Kier alpha value is -4.06. The van der Waals surface area contributed by atoms with E-state index in [4.69, 9.17) is 13.9 Å². The third-order valence-corrected chi connectivity index (χ3v) is 4.69. The lowest BCUT2D eigenvalue weighted by molar-refractivity contribution is 0.102. The Morgan fingerprint density at radius 3 is 2.50 bits per heavy atom. The first-order chi connectivity index (χ1) is 14.6. The number of anilines is 1. The van der Waals surface area contributed by atoms with Gasteiger partial charge in [0.1, 0.15) is 11.3 Å². The number of hydrogen-bond acceptors (Lipinski definition) is 5. The summed E-state index contributed by atoms with van der Waals surface area (Å²) in [6, 6.07) is 20.7. The quantitative estimate of drug-likeness (QED) is 0.523. The molecule has 6 nitrogen and oxygen atoms in total. The number of methoxy groups -OCH3 is 2. The molecular formula is C24H19NO5. The van der Waals surface area contributed by atoms with Gasteiger partial charge in [-0.25, -0.2) is 0 Å². The first-order valence-corrected chi connectivity index (χ1v) is 9.26. The number of nitrogens with one attached hydrogen (secondary N) is 1. The van der Waals surface area contributed by atoms with Crippen LogP contribution in [0.5, 0.6) is 11.5 Å². The Bertz CT molecular complexity index is 1290. The second kappa shape index (κ2) is 8.13. The molecule has 1 heterocycles. The van der Waals surface area contributed by atoms with Crippen LogP contribution in [0.15, 0.2) is 82.0 Å². The fraction of sp³-hybridized carbons (Fsp3) is 0.0833. The van der Waals surface area contributed by atoms with E-state index in [0.717, 1.165) is 0 Å². The summed E-state index contributed by atoms with van der Waals surface area (Å²) in [4.78, 5) is 25.2. The summed E-state index contributed by atoms with van der Waals surface area (Å²) < 4.78 is 16.5. The van der Waals surface area contributed by atoms with Crippen molar-refractivity contribution in [1.29, 1.82) is 0 Å². The summed E-state index contributed by atoms with van der Waals surface area (Å²) in [5.41, 5.74) is 1.96. The molecule has 4 rings (SSSR count).